The number of halogens is 1. The van der Waals surface area contributed by atoms with Crippen molar-refractivity contribution in [2.24, 2.45) is 5.10 Å². The van der Waals surface area contributed by atoms with Crippen LogP contribution in [0.1, 0.15) is 11.1 Å². The molecule has 6 aromatic rings. The van der Waals surface area contributed by atoms with Crippen LogP contribution >= 0.6 is 11.6 Å². The van der Waals surface area contributed by atoms with Gasteiger partial charge in [-0.1, -0.05) is 41.9 Å². The van der Waals surface area contributed by atoms with E-state index in [9.17, 15) is 25.0 Å². The average molecular weight is 596 g/mol. The van der Waals surface area contributed by atoms with E-state index < -0.39 is 21.1 Å². The summed E-state index contributed by atoms with van der Waals surface area (Å²) < 4.78 is 12.7. The van der Waals surface area contributed by atoms with E-state index in [2.05, 4.69) is 10.1 Å². The van der Waals surface area contributed by atoms with Gasteiger partial charge in [0.05, 0.1) is 32.0 Å². The number of fused-ring (bicyclic) bond motifs is 2. The number of para-hydroxylation sites is 2. The maximum absolute atomic E-state index is 13.5. The summed E-state index contributed by atoms with van der Waals surface area (Å²) in [5, 5.41) is 28.2. The number of furan rings is 1. The maximum atomic E-state index is 13.5. The van der Waals surface area contributed by atoms with Crippen LogP contribution in [0, 0.1) is 20.2 Å². The summed E-state index contributed by atoms with van der Waals surface area (Å²) in [6, 6.07) is 24.1. The fraction of sp³-hybridized carbons (Fsp3) is 0.0333. The lowest BCUT2D eigenvalue weighted by Gasteiger charge is -2.10. The van der Waals surface area contributed by atoms with Crippen molar-refractivity contribution >= 4 is 51.1 Å². The molecule has 2 heterocycles. The lowest BCUT2D eigenvalue weighted by molar-refractivity contribution is -0.386. The molecule has 0 N–H and O–H groups in total. The Balaban J connectivity index is 1.37. The molecule has 0 amide bonds. The van der Waals surface area contributed by atoms with Gasteiger partial charge in [0.1, 0.15) is 12.2 Å². The topological polar surface area (TPSA) is 156 Å². The van der Waals surface area contributed by atoms with E-state index in [1.807, 2.05) is 18.2 Å². The quantitative estimate of drug-likeness (QED) is 0.106. The molecule has 0 unspecified atom stereocenters. The Morgan fingerprint density at radius 2 is 1.70 bits per heavy atom. The van der Waals surface area contributed by atoms with E-state index in [4.69, 9.17) is 20.8 Å². The first kappa shape index (κ1) is 27.3. The van der Waals surface area contributed by atoms with Gasteiger partial charge in [-0.05, 0) is 48.0 Å². The summed E-state index contributed by atoms with van der Waals surface area (Å²) in [6.07, 6.45) is 1.25. The van der Waals surface area contributed by atoms with Gasteiger partial charge in [0.2, 0.25) is 11.6 Å². The van der Waals surface area contributed by atoms with Gasteiger partial charge in [-0.15, -0.1) is 0 Å². The molecular weight excluding hydrogens is 578 g/mol. The molecule has 0 bridgehead atoms. The van der Waals surface area contributed by atoms with Gasteiger partial charge in [-0.2, -0.15) is 9.78 Å². The van der Waals surface area contributed by atoms with Crippen molar-refractivity contribution in [3.05, 3.63) is 138 Å². The highest BCUT2D eigenvalue weighted by Gasteiger charge is 2.21. The summed E-state index contributed by atoms with van der Waals surface area (Å²) in [6.45, 7) is -0.120. The van der Waals surface area contributed by atoms with Gasteiger partial charge in [-0.25, -0.2) is 4.98 Å². The monoisotopic (exact) mass is 595 g/mol. The van der Waals surface area contributed by atoms with Gasteiger partial charge >= 0.3 is 5.69 Å². The minimum Gasteiger partial charge on any atom is -0.481 e. The van der Waals surface area contributed by atoms with E-state index in [-0.39, 0.29) is 34.5 Å². The fourth-order valence-corrected chi connectivity index (χ4v) is 4.71. The standard InChI is InChI=1S/C30H18ClN5O7/c31-23-13-19(14-25(36(40)41)28(23)42-17-18-9-11-21(12-10-18)35(38)39)16-32-34-29(27-15-20-5-1-4-8-26(20)43-27)33-24-7-3-2-6-22(24)30(34)37/h1-16H,17H2. The van der Waals surface area contributed by atoms with E-state index in [0.717, 1.165) is 10.1 Å². The molecule has 0 aliphatic carbocycles. The van der Waals surface area contributed by atoms with Crippen molar-refractivity contribution in [3.8, 4) is 17.3 Å². The smallest absolute Gasteiger partial charge is 0.313 e. The summed E-state index contributed by atoms with van der Waals surface area (Å²) >= 11 is 6.40. The summed E-state index contributed by atoms with van der Waals surface area (Å²) in [7, 11) is 0. The number of rotatable bonds is 8. The lowest BCUT2D eigenvalue weighted by atomic mass is 10.2. The van der Waals surface area contributed by atoms with Crippen molar-refractivity contribution in [2.75, 3.05) is 0 Å². The maximum Gasteiger partial charge on any atom is 0.313 e. The third-order valence-corrected chi connectivity index (χ3v) is 6.78. The Kier molecular flexibility index (Phi) is 7.10. The van der Waals surface area contributed by atoms with Crippen molar-refractivity contribution in [2.45, 2.75) is 6.61 Å². The molecular formula is C30H18ClN5O7. The number of aromatic nitrogens is 2. The van der Waals surface area contributed by atoms with Crippen LogP contribution in [0.2, 0.25) is 5.02 Å². The van der Waals surface area contributed by atoms with Crippen molar-refractivity contribution in [1.82, 2.24) is 9.66 Å². The van der Waals surface area contributed by atoms with Gasteiger partial charge in [-0.3, -0.25) is 25.0 Å². The van der Waals surface area contributed by atoms with Gasteiger partial charge in [0.15, 0.2) is 5.76 Å². The van der Waals surface area contributed by atoms with E-state index in [1.165, 1.54) is 42.6 Å². The largest absolute Gasteiger partial charge is 0.481 e. The molecule has 0 aliphatic heterocycles. The third-order valence-electron chi connectivity index (χ3n) is 6.50. The summed E-state index contributed by atoms with van der Waals surface area (Å²) in [5.74, 6) is 0.259. The van der Waals surface area contributed by atoms with Crippen molar-refractivity contribution in [1.29, 1.82) is 0 Å². The van der Waals surface area contributed by atoms with E-state index in [0.29, 0.717) is 27.8 Å². The number of hydrogen-bond donors (Lipinski definition) is 0. The Bertz CT molecular complexity index is 2110. The number of hydrogen-bond acceptors (Lipinski definition) is 9. The van der Waals surface area contributed by atoms with Crippen LogP contribution in [0.4, 0.5) is 11.4 Å². The molecule has 0 saturated carbocycles. The van der Waals surface area contributed by atoms with Crippen molar-refractivity contribution in [3.63, 3.8) is 0 Å². The zero-order valence-electron chi connectivity index (χ0n) is 21.9. The van der Waals surface area contributed by atoms with Gasteiger partial charge in [0, 0.05) is 29.1 Å². The Labute approximate surface area is 246 Å². The molecule has 0 spiro atoms. The van der Waals surface area contributed by atoms with E-state index >= 15 is 0 Å². The van der Waals surface area contributed by atoms with Gasteiger partial charge in [0.25, 0.3) is 11.2 Å². The molecule has 0 saturated heterocycles. The first-order valence-corrected chi connectivity index (χ1v) is 13.1. The second kappa shape index (κ2) is 11.2. The Morgan fingerprint density at radius 3 is 2.44 bits per heavy atom. The Hall–Kier alpha value is -5.88. The molecule has 4 aromatic carbocycles. The lowest BCUT2D eigenvalue weighted by Crippen LogP contribution is -2.20. The number of nitro benzene ring substituents is 2. The van der Waals surface area contributed by atoms with Crippen LogP contribution in [-0.2, 0) is 6.61 Å². The molecule has 12 nitrogen and oxygen atoms in total. The molecule has 212 valence electrons. The molecule has 0 fully saturated rings. The van der Waals surface area contributed by atoms with Crippen LogP contribution in [0.3, 0.4) is 0 Å². The van der Waals surface area contributed by atoms with Crippen LogP contribution in [0.25, 0.3) is 33.5 Å². The molecule has 0 atom stereocenters. The zero-order valence-corrected chi connectivity index (χ0v) is 22.7. The number of benzene rings is 4. The molecule has 6 rings (SSSR count). The highest BCUT2D eigenvalue weighted by atomic mass is 35.5. The normalized spacial score (nSPS) is 11.4. The number of non-ortho nitro benzene ring substituents is 1. The van der Waals surface area contributed by atoms with Crippen LogP contribution in [-0.4, -0.2) is 25.7 Å². The first-order chi connectivity index (χ1) is 20.8. The third kappa shape index (κ3) is 5.42. The first-order valence-electron chi connectivity index (χ1n) is 12.7. The highest BCUT2D eigenvalue weighted by molar-refractivity contribution is 6.32. The van der Waals surface area contributed by atoms with Crippen molar-refractivity contribution < 1.29 is 19.0 Å². The minimum absolute atomic E-state index is 0.0703. The summed E-state index contributed by atoms with van der Waals surface area (Å²) in [5.41, 5.74) is 0.807. The molecule has 0 aliphatic rings. The molecule has 2 aromatic heterocycles. The number of nitrogens with zero attached hydrogens (tertiary/aromatic N) is 5. The second-order valence-electron chi connectivity index (χ2n) is 9.28. The molecule has 0 radical (unpaired) electrons. The zero-order chi connectivity index (χ0) is 30.1. The predicted octanol–water partition coefficient (Wildman–Crippen LogP) is 6.74. The Morgan fingerprint density at radius 1 is 0.953 bits per heavy atom. The van der Waals surface area contributed by atoms with Gasteiger partial charge < -0.3 is 9.15 Å². The number of ether oxygens (including phenoxy) is 1. The predicted molar refractivity (Wildman–Crippen MR) is 160 cm³/mol. The highest BCUT2D eigenvalue weighted by Crippen LogP contribution is 2.36. The van der Waals surface area contributed by atoms with Crippen LogP contribution < -0.4 is 10.3 Å². The van der Waals surface area contributed by atoms with Crippen LogP contribution in [0.15, 0.2) is 105 Å². The molecule has 43 heavy (non-hydrogen) atoms. The molecule has 13 heteroatoms. The SMILES string of the molecule is O=c1c2ccccc2nc(-c2cc3ccccc3o2)n1N=Cc1cc(Cl)c(OCc2ccc([N+](=O)[O-])cc2)c([N+](=O)[O-])c1. The second-order valence-corrected chi connectivity index (χ2v) is 9.69. The average Bonchev–Trinajstić information content (AvgIpc) is 3.44. The van der Waals surface area contributed by atoms with E-state index in [1.54, 1.807) is 36.4 Å². The number of nitro groups is 2. The minimum atomic E-state index is -0.655. The summed E-state index contributed by atoms with van der Waals surface area (Å²) in [4.78, 5) is 39.8. The van der Waals surface area contributed by atoms with Crippen LogP contribution in [0.5, 0.6) is 5.75 Å². The fourth-order valence-electron chi connectivity index (χ4n) is 4.43.